The van der Waals surface area contributed by atoms with Crippen LogP contribution in [0.2, 0.25) is 18.1 Å². The monoisotopic (exact) mass is 238 g/mol. The Hall–Kier alpha value is 0.427. The Kier molecular flexibility index (Phi) is 5.12. The SMILES string of the molecule is C[C@H](O[Si](C)(C)C(C)(C)C)[C@H](O)CCl. The molecule has 0 amide bonds. The van der Waals surface area contributed by atoms with Crippen molar-refractivity contribution in [1.82, 2.24) is 0 Å². The number of aliphatic hydroxyl groups is 1. The van der Waals surface area contributed by atoms with E-state index in [0.717, 1.165) is 0 Å². The summed E-state index contributed by atoms with van der Waals surface area (Å²) >= 11 is 5.58. The summed E-state index contributed by atoms with van der Waals surface area (Å²) in [6.45, 7) is 12.8. The van der Waals surface area contributed by atoms with Crippen LogP contribution in [-0.4, -0.2) is 31.5 Å². The first-order chi connectivity index (χ1) is 6.12. The van der Waals surface area contributed by atoms with Crippen molar-refractivity contribution in [2.24, 2.45) is 0 Å². The van der Waals surface area contributed by atoms with Crippen LogP contribution in [0.3, 0.4) is 0 Å². The van der Waals surface area contributed by atoms with E-state index in [4.69, 9.17) is 16.0 Å². The highest BCUT2D eigenvalue weighted by atomic mass is 35.5. The molecule has 0 heterocycles. The molecular weight excluding hydrogens is 216 g/mol. The summed E-state index contributed by atoms with van der Waals surface area (Å²) in [6.07, 6.45) is -0.737. The average molecular weight is 239 g/mol. The predicted molar refractivity (Wildman–Crippen MR) is 64.5 cm³/mol. The van der Waals surface area contributed by atoms with Crippen molar-refractivity contribution in [2.75, 3.05) is 5.88 Å². The van der Waals surface area contributed by atoms with E-state index in [0.29, 0.717) is 0 Å². The second-order valence-electron chi connectivity index (χ2n) is 5.30. The van der Waals surface area contributed by atoms with Gasteiger partial charge in [0.05, 0.1) is 18.1 Å². The summed E-state index contributed by atoms with van der Waals surface area (Å²) in [5.41, 5.74) is 0. The van der Waals surface area contributed by atoms with E-state index in [-0.39, 0.29) is 17.0 Å². The second-order valence-corrected chi connectivity index (χ2v) is 10.4. The molecule has 0 aromatic heterocycles. The van der Waals surface area contributed by atoms with Crippen LogP contribution in [-0.2, 0) is 4.43 Å². The second kappa shape index (κ2) is 4.97. The normalized spacial score (nSPS) is 18.0. The average Bonchev–Trinajstić information content (AvgIpc) is 2.00. The van der Waals surface area contributed by atoms with Gasteiger partial charge >= 0.3 is 0 Å². The Balaban J connectivity index is 4.36. The Morgan fingerprint density at radius 1 is 1.36 bits per heavy atom. The minimum Gasteiger partial charge on any atom is -0.412 e. The number of hydrogen-bond acceptors (Lipinski definition) is 2. The van der Waals surface area contributed by atoms with Gasteiger partial charge in [0.1, 0.15) is 0 Å². The minimum absolute atomic E-state index is 0.173. The van der Waals surface area contributed by atoms with Gasteiger partial charge in [0, 0.05) is 0 Å². The van der Waals surface area contributed by atoms with Crippen LogP contribution in [0.15, 0.2) is 0 Å². The Morgan fingerprint density at radius 2 is 1.79 bits per heavy atom. The first-order valence-corrected chi connectivity index (χ1v) is 8.48. The summed E-state index contributed by atoms with van der Waals surface area (Å²) in [6, 6.07) is 0. The van der Waals surface area contributed by atoms with Gasteiger partial charge in [-0.3, -0.25) is 0 Å². The van der Waals surface area contributed by atoms with Crippen molar-refractivity contribution in [2.45, 2.75) is 58.0 Å². The molecule has 0 unspecified atom stereocenters. The molecule has 0 radical (unpaired) electrons. The summed E-state index contributed by atoms with van der Waals surface area (Å²) in [5.74, 6) is 0.232. The third-order valence-corrected chi connectivity index (χ3v) is 7.88. The van der Waals surface area contributed by atoms with Crippen LogP contribution in [0.5, 0.6) is 0 Å². The summed E-state index contributed by atoms with van der Waals surface area (Å²) in [5, 5.41) is 9.69. The molecule has 0 fully saturated rings. The van der Waals surface area contributed by atoms with Gasteiger partial charge in [0.25, 0.3) is 0 Å². The molecule has 0 rings (SSSR count). The zero-order chi connectivity index (χ0) is 11.6. The van der Waals surface area contributed by atoms with Crippen LogP contribution < -0.4 is 0 Å². The largest absolute Gasteiger partial charge is 0.412 e. The van der Waals surface area contributed by atoms with Gasteiger partial charge in [0.15, 0.2) is 8.32 Å². The zero-order valence-corrected chi connectivity index (χ0v) is 11.9. The van der Waals surface area contributed by atoms with E-state index in [9.17, 15) is 5.11 Å². The first kappa shape index (κ1) is 14.4. The third kappa shape index (κ3) is 3.89. The molecule has 0 aliphatic carbocycles. The predicted octanol–water partition coefficient (Wildman–Crippen LogP) is 3.00. The molecule has 86 valence electrons. The molecule has 0 aromatic carbocycles. The zero-order valence-electron chi connectivity index (χ0n) is 10.1. The first-order valence-electron chi connectivity index (χ1n) is 5.03. The van der Waals surface area contributed by atoms with Gasteiger partial charge in [-0.2, -0.15) is 0 Å². The smallest absolute Gasteiger partial charge is 0.192 e. The third-order valence-electron chi connectivity index (χ3n) is 2.99. The lowest BCUT2D eigenvalue weighted by Gasteiger charge is -2.39. The van der Waals surface area contributed by atoms with E-state index in [2.05, 4.69) is 33.9 Å². The van der Waals surface area contributed by atoms with Gasteiger partial charge in [0.2, 0.25) is 0 Å². The minimum atomic E-state index is -1.77. The van der Waals surface area contributed by atoms with Crippen LogP contribution in [0, 0.1) is 0 Å². The van der Waals surface area contributed by atoms with E-state index in [1.165, 1.54) is 0 Å². The molecule has 0 aromatic rings. The van der Waals surface area contributed by atoms with E-state index in [1.807, 2.05) is 6.92 Å². The molecule has 2 nitrogen and oxygen atoms in total. The maximum atomic E-state index is 9.52. The number of halogens is 1. The lowest BCUT2D eigenvalue weighted by molar-refractivity contribution is 0.0534. The molecule has 1 N–H and O–H groups in total. The number of alkyl halides is 1. The fourth-order valence-corrected chi connectivity index (χ4v) is 2.54. The molecule has 0 bridgehead atoms. The number of aliphatic hydroxyl groups excluding tert-OH is 1. The van der Waals surface area contributed by atoms with Crippen LogP contribution in [0.4, 0.5) is 0 Å². The summed E-state index contributed by atoms with van der Waals surface area (Å²) in [7, 11) is -1.77. The standard InChI is InChI=1S/C10H23ClO2Si/c1-8(9(12)7-11)13-14(5,6)10(2,3)4/h8-9,12H,7H2,1-6H3/t8-,9+/m0/s1. The topological polar surface area (TPSA) is 29.5 Å². The summed E-state index contributed by atoms with van der Waals surface area (Å²) in [4.78, 5) is 0. The lowest BCUT2D eigenvalue weighted by Crippen LogP contribution is -2.46. The highest BCUT2D eigenvalue weighted by Crippen LogP contribution is 2.37. The molecule has 4 heteroatoms. The lowest BCUT2D eigenvalue weighted by atomic mass is 10.2. The van der Waals surface area contributed by atoms with Crippen molar-refractivity contribution in [3.63, 3.8) is 0 Å². The Bertz CT molecular complexity index is 177. The van der Waals surface area contributed by atoms with Crippen molar-refractivity contribution in [1.29, 1.82) is 0 Å². The highest BCUT2D eigenvalue weighted by Gasteiger charge is 2.39. The maximum Gasteiger partial charge on any atom is 0.192 e. The van der Waals surface area contributed by atoms with Crippen LogP contribution in [0.1, 0.15) is 27.7 Å². The molecule has 0 spiro atoms. The van der Waals surface area contributed by atoms with Gasteiger partial charge < -0.3 is 9.53 Å². The van der Waals surface area contributed by atoms with Crippen molar-refractivity contribution < 1.29 is 9.53 Å². The van der Waals surface area contributed by atoms with Crippen molar-refractivity contribution in [3.8, 4) is 0 Å². The molecule has 0 saturated heterocycles. The van der Waals surface area contributed by atoms with Gasteiger partial charge in [-0.1, -0.05) is 20.8 Å². The van der Waals surface area contributed by atoms with E-state index in [1.54, 1.807) is 0 Å². The maximum absolute atomic E-state index is 9.52. The van der Waals surface area contributed by atoms with E-state index >= 15 is 0 Å². The van der Waals surface area contributed by atoms with Crippen LogP contribution >= 0.6 is 11.6 Å². The molecule has 14 heavy (non-hydrogen) atoms. The van der Waals surface area contributed by atoms with Gasteiger partial charge in [-0.05, 0) is 25.1 Å². The van der Waals surface area contributed by atoms with Gasteiger partial charge in [-0.15, -0.1) is 11.6 Å². The molecule has 0 aliphatic heterocycles. The number of hydrogen-bond donors (Lipinski definition) is 1. The molecular formula is C10H23ClO2Si. The number of rotatable bonds is 4. The van der Waals surface area contributed by atoms with Crippen molar-refractivity contribution >= 4 is 19.9 Å². The van der Waals surface area contributed by atoms with Crippen LogP contribution in [0.25, 0.3) is 0 Å². The Labute approximate surface area is 93.7 Å². The van der Waals surface area contributed by atoms with E-state index < -0.39 is 14.4 Å². The highest BCUT2D eigenvalue weighted by molar-refractivity contribution is 6.74. The van der Waals surface area contributed by atoms with Gasteiger partial charge in [-0.25, -0.2) is 0 Å². The molecule has 0 saturated carbocycles. The fraction of sp³-hybridized carbons (Fsp3) is 1.00. The molecule has 0 aliphatic rings. The Morgan fingerprint density at radius 3 is 2.07 bits per heavy atom. The summed E-state index contributed by atoms with van der Waals surface area (Å²) < 4.78 is 5.96. The fourth-order valence-electron chi connectivity index (χ4n) is 0.846. The van der Waals surface area contributed by atoms with Crippen molar-refractivity contribution in [3.05, 3.63) is 0 Å². The molecule has 2 atom stereocenters. The quantitative estimate of drug-likeness (QED) is 0.603.